The Morgan fingerprint density at radius 3 is 2.79 bits per heavy atom. The lowest BCUT2D eigenvalue weighted by Crippen LogP contribution is -1.97. The monoisotopic (exact) mass is 259 g/mol. The normalized spacial score (nSPS) is 10.0. The van der Waals surface area contributed by atoms with Gasteiger partial charge in [0.05, 0.1) is 4.92 Å². The Morgan fingerprint density at radius 2 is 2.11 bits per heavy atom. The van der Waals surface area contributed by atoms with Crippen molar-refractivity contribution < 1.29 is 9.66 Å². The summed E-state index contributed by atoms with van der Waals surface area (Å²) in [6.45, 7) is 1.79. The van der Waals surface area contributed by atoms with E-state index in [2.05, 4.69) is 10.3 Å². The summed E-state index contributed by atoms with van der Waals surface area (Å²) in [7, 11) is 1.74. The summed E-state index contributed by atoms with van der Waals surface area (Å²) in [6, 6.07) is 9.97. The molecule has 1 N–H and O–H groups in total. The summed E-state index contributed by atoms with van der Waals surface area (Å²) in [6.07, 6.45) is 0. The maximum atomic E-state index is 11.0. The van der Waals surface area contributed by atoms with Crippen molar-refractivity contribution >= 4 is 11.5 Å². The molecule has 0 aliphatic carbocycles. The van der Waals surface area contributed by atoms with E-state index in [9.17, 15) is 10.1 Å². The first-order valence-electron chi connectivity index (χ1n) is 5.68. The minimum absolute atomic E-state index is 0.0725. The second-order valence-electron chi connectivity index (χ2n) is 3.94. The Hall–Kier alpha value is -2.63. The van der Waals surface area contributed by atoms with Crippen molar-refractivity contribution in [1.82, 2.24) is 4.98 Å². The number of ether oxygens (including phenoxy) is 1. The van der Waals surface area contributed by atoms with E-state index in [4.69, 9.17) is 4.74 Å². The highest BCUT2D eigenvalue weighted by Gasteiger charge is 2.16. The topological polar surface area (TPSA) is 77.3 Å². The first kappa shape index (κ1) is 12.8. The van der Waals surface area contributed by atoms with Gasteiger partial charge in [0.25, 0.3) is 0 Å². The third kappa shape index (κ3) is 2.98. The van der Waals surface area contributed by atoms with E-state index in [1.807, 2.05) is 0 Å². The molecular formula is C13H13N3O3. The lowest BCUT2D eigenvalue weighted by Gasteiger charge is -2.07. The summed E-state index contributed by atoms with van der Waals surface area (Å²) in [4.78, 5) is 14.7. The molecule has 0 atom stereocenters. The summed E-state index contributed by atoms with van der Waals surface area (Å²) in [5.41, 5.74) is 0.729. The molecular weight excluding hydrogens is 246 g/mol. The molecule has 19 heavy (non-hydrogen) atoms. The summed E-state index contributed by atoms with van der Waals surface area (Å²) in [5.74, 6) is 1.11. The van der Waals surface area contributed by atoms with Crippen LogP contribution in [0.15, 0.2) is 36.4 Å². The quantitative estimate of drug-likeness (QED) is 0.674. The van der Waals surface area contributed by atoms with Gasteiger partial charge in [0, 0.05) is 19.2 Å². The van der Waals surface area contributed by atoms with Crippen LogP contribution in [0.3, 0.4) is 0 Å². The van der Waals surface area contributed by atoms with E-state index in [0.29, 0.717) is 11.7 Å². The molecule has 6 heteroatoms. The Bertz CT molecular complexity index is 614. The van der Waals surface area contributed by atoms with Gasteiger partial charge in [-0.1, -0.05) is 12.1 Å². The molecule has 2 rings (SSSR count). The van der Waals surface area contributed by atoms with Crippen molar-refractivity contribution in [3.8, 4) is 11.6 Å². The molecule has 1 aromatic heterocycles. The van der Waals surface area contributed by atoms with Crippen LogP contribution in [-0.4, -0.2) is 17.0 Å². The number of aromatic nitrogens is 1. The van der Waals surface area contributed by atoms with E-state index >= 15 is 0 Å². The molecule has 0 saturated heterocycles. The number of aryl methyl sites for hydroxylation is 1. The third-order valence-electron chi connectivity index (χ3n) is 2.51. The number of hydrogen-bond acceptors (Lipinski definition) is 5. The van der Waals surface area contributed by atoms with Crippen LogP contribution in [-0.2, 0) is 0 Å². The molecule has 0 aliphatic heterocycles. The average Bonchev–Trinajstić information content (AvgIpc) is 2.41. The minimum atomic E-state index is -0.468. The molecule has 0 unspecified atom stereocenters. The molecule has 0 spiro atoms. The number of nitrogens with one attached hydrogen (secondary N) is 1. The Labute approximate surface area is 110 Å². The van der Waals surface area contributed by atoms with Crippen LogP contribution >= 0.6 is 0 Å². The van der Waals surface area contributed by atoms with E-state index in [0.717, 1.165) is 5.56 Å². The molecule has 0 amide bonds. The fourth-order valence-corrected chi connectivity index (χ4v) is 1.58. The fourth-order valence-electron chi connectivity index (χ4n) is 1.58. The number of nitro benzene ring substituents is 1. The van der Waals surface area contributed by atoms with E-state index in [1.165, 1.54) is 6.07 Å². The molecule has 0 fully saturated rings. The van der Waals surface area contributed by atoms with Crippen LogP contribution in [0, 0.1) is 17.0 Å². The number of benzene rings is 1. The zero-order valence-corrected chi connectivity index (χ0v) is 10.6. The van der Waals surface area contributed by atoms with Crippen molar-refractivity contribution in [3.05, 3.63) is 52.1 Å². The van der Waals surface area contributed by atoms with Gasteiger partial charge < -0.3 is 10.1 Å². The van der Waals surface area contributed by atoms with Gasteiger partial charge in [-0.05, 0) is 24.6 Å². The van der Waals surface area contributed by atoms with Gasteiger partial charge in [0.2, 0.25) is 11.6 Å². The smallest absolute Gasteiger partial charge is 0.311 e. The predicted octanol–water partition coefficient (Wildman–Crippen LogP) is 3.13. The third-order valence-corrected chi connectivity index (χ3v) is 2.51. The highest BCUT2D eigenvalue weighted by Crippen LogP contribution is 2.31. The van der Waals surface area contributed by atoms with Gasteiger partial charge in [-0.25, -0.2) is 0 Å². The fraction of sp³-hybridized carbons (Fsp3) is 0.154. The molecule has 2 aromatic rings. The van der Waals surface area contributed by atoms with Gasteiger partial charge in [-0.2, -0.15) is 4.98 Å². The number of anilines is 1. The number of hydrogen-bond donors (Lipinski definition) is 1. The maximum Gasteiger partial charge on any atom is 0.311 e. The van der Waals surface area contributed by atoms with Crippen LogP contribution in [0.4, 0.5) is 11.5 Å². The number of nitrogens with zero attached hydrogens (tertiary/aromatic N) is 2. The van der Waals surface area contributed by atoms with Gasteiger partial charge >= 0.3 is 5.69 Å². The SMILES string of the molecule is CNc1cccc(Oc2ccc(C)cc2[N+](=O)[O-])n1. The molecule has 98 valence electrons. The van der Waals surface area contributed by atoms with Crippen molar-refractivity contribution in [1.29, 1.82) is 0 Å². The van der Waals surface area contributed by atoms with E-state index in [-0.39, 0.29) is 11.4 Å². The molecule has 0 bridgehead atoms. The second kappa shape index (κ2) is 5.34. The van der Waals surface area contributed by atoms with Crippen molar-refractivity contribution in [3.63, 3.8) is 0 Å². The predicted molar refractivity (Wildman–Crippen MR) is 71.7 cm³/mol. The molecule has 0 radical (unpaired) electrons. The Balaban J connectivity index is 2.34. The van der Waals surface area contributed by atoms with Crippen LogP contribution < -0.4 is 10.1 Å². The molecule has 1 aromatic carbocycles. The second-order valence-corrected chi connectivity index (χ2v) is 3.94. The standard InChI is InChI=1S/C13H13N3O3/c1-9-6-7-11(10(8-9)16(17)18)19-13-5-3-4-12(14-2)15-13/h3-8H,1-2H3,(H,14,15). The first-order chi connectivity index (χ1) is 9.10. The summed E-state index contributed by atoms with van der Waals surface area (Å²) >= 11 is 0. The lowest BCUT2D eigenvalue weighted by molar-refractivity contribution is -0.385. The molecule has 0 aliphatic rings. The van der Waals surface area contributed by atoms with Crippen molar-refractivity contribution in [2.24, 2.45) is 0 Å². The van der Waals surface area contributed by atoms with Crippen LogP contribution in [0.1, 0.15) is 5.56 Å². The average molecular weight is 259 g/mol. The maximum absolute atomic E-state index is 11.0. The molecule has 0 saturated carbocycles. The zero-order valence-electron chi connectivity index (χ0n) is 10.6. The van der Waals surface area contributed by atoms with Crippen LogP contribution in [0.5, 0.6) is 11.6 Å². The van der Waals surface area contributed by atoms with Crippen molar-refractivity contribution in [2.75, 3.05) is 12.4 Å². The highest BCUT2D eigenvalue weighted by molar-refractivity contribution is 5.50. The van der Waals surface area contributed by atoms with E-state index < -0.39 is 4.92 Å². The Kier molecular flexibility index (Phi) is 3.61. The van der Waals surface area contributed by atoms with Gasteiger partial charge in [0.1, 0.15) is 5.82 Å². The van der Waals surface area contributed by atoms with Crippen molar-refractivity contribution in [2.45, 2.75) is 6.92 Å². The minimum Gasteiger partial charge on any atom is -0.432 e. The summed E-state index contributed by atoms with van der Waals surface area (Å²) in [5, 5.41) is 13.9. The van der Waals surface area contributed by atoms with Gasteiger partial charge in [-0.3, -0.25) is 10.1 Å². The zero-order chi connectivity index (χ0) is 13.8. The largest absolute Gasteiger partial charge is 0.432 e. The molecule has 1 heterocycles. The summed E-state index contributed by atoms with van der Waals surface area (Å²) < 4.78 is 5.48. The molecule has 6 nitrogen and oxygen atoms in total. The van der Waals surface area contributed by atoms with Crippen LogP contribution in [0.25, 0.3) is 0 Å². The van der Waals surface area contributed by atoms with Gasteiger partial charge in [-0.15, -0.1) is 0 Å². The first-order valence-corrected chi connectivity index (χ1v) is 5.68. The Morgan fingerprint density at radius 1 is 1.32 bits per heavy atom. The van der Waals surface area contributed by atoms with Gasteiger partial charge in [0.15, 0.2) is 0 Å². The van der Waals surface area contributed by atoms with E-state index in [1.54, 1.807) is 44.3 Å². The number of nitro groups is 1. The lowest BCUT2D eigenvalue weighted by atomic mass is 10.2. The van der Waals surface area contributed by atoms with Crippen LogP contribution in [0.2, 0.25) is 0 Å². The number of rotatable bonds is 4. The number of pyridine rings is 1. The highest BCUT2D eigenvalue weighted by atomic mass is 16.6.